The van der Waals surface area contributed by atoms with Gasteiger partial charge in [-0.3, -0.25) is 4.79 Å². The first-order chi connectivity index (χ1) is 10.2. The lowest BCUT2D eigenvalue weighted by atomic mass is 10.3. The van der Waals surface area contributed by atoms with E-state index in [-0.39, 0.29) is 18.1 Å². The van der Waals surface area contributed by atoms with Crippen LogP contribution >= 0.6 is 0 Å². The number of carbonyl (C=O) groups excluding carboxylic acids is 1. The Balaban J connectivity index is 1.87. The summed E-state index contributed by atoms with van der Waals surface area (Å²) < 4.78 is 15.1. The molecule has 21 heavy (non-hydrogen) atoms. The minimum absolute atomic E-state index is 0.114. The Morgan fingerprint density at radius 3 is 2.95 bits per heavy atom. The molecule has 0 aliphatic carbocycles. The van der Waals surface area contributed by atoms with Crippen LogP contribution in [0.15, 0.2) is 36.8 Å². The van der Waals surface area contributed by atoms with E-state index in [1.54, 1.807) is 23.0 Å². The first-order valence-electron chi connectivity index (χ1n) is 6.94. The average Bonchev–Trinajstić information content (AvgIpc) is 2.89. The molecule has 0 aliphatic rings. The molecular formula is C15H19FN4O. The van der Waals surface area contributed by atoms with Crippen LogP contribution in [0.2, 0.25) is 0 Å². The molecule has 5 nitrogen and oxygen atoms in total. The number of likely N-dealkylation sites (N-methyl/N-ethyl adjacent to an activating group) is 1. The summed E-state index contributed by atoms with van der Waals surface area (Å²) in [4.78, 5) is 16.1. The molecule has 2 aromatic rings. The molecule has 0 saturated heterocycles. The van der Waals surface area contributed by atoms with E-state index in [1.807, 2.05) is 13.1 Å². The second-order valence-corrected chi connectivity index (χ2v) is 4.67. The summed E-state index contributed by atoms with van der Waals surface area (Å²) in [6.45, 7) is 3.94. The van der Waals surface area contributed by atoms with E-state index in [9.17, 15) is 9.18 Å². The lowest BCUT2D eigenvalue weighted by Crippen LogP contribution is -2.18. The van der Waals surface area contributed by atoms with Crippen LogP contribution in [0.1, 0.15) is 12.6 Å². The predicted octanol–water partition coefficient (Wildman–Crippen LogP) is 1.81. The van der Waals surface area contributed by atoms with Crippen LogP contribution < -0.4 is 10.6 Å². The minimum atomic E-state index is -0.442. The van der Waals surface area contributed by atoms with Gasteiger partial charge >= 0.3 is 0 Å². The van der Waals surface area contributed by atoms with Gasteiger partial charge in [0.2, 0.25) is 5.91 Å². The molecule has 0 bridgehead atoms. The van der Waals surface area contributed by atoms with Crippen molar-refractivity contribution in [2.45, 2.75) is 19.9 Å². The molecule has 1 amide bonds. The van der Waals surface area contributed by atoms with Crippen molar-refractivity contribution in [1.82, 2.24) is 14.9 Å². The van der Waals surface area contributed by atoms with Crippen LogP contribution in [0.3, 0.4) is 0 Å². The largest absolute Gasteiger partial charge is 0.328 e. The fraction of sp³-hybridized carbons (Fsp3) is 0.333. The van der Waals surface area contributed by atoms with Gasteiger partial charge in [-0.1, -0.05) is 19.1 Å². The van der Waals surface area contributed by atoms with Crippen molar-refractivity contribution in [3.8, 4) is 0 Å². The van der Waals surface area contributed by atoms with Gasteiger partial charge in [0.1, 0.15) is 12.4 Å². The Morgan fingerprint density at radius 2 is 2.19 bits per heavy atom. The van der Waals surface area contributed by atoms with Crippen molar-refractivity contribution < 1.29 is 9.18 Å². The minimum Gasteiger partial charge on any atom is -0.328 e. The monoisotopic (exact) mass is 290 g/mol. The Morgan fingerprint density at radius 1 is 1.38 bits per heavy atom. The van der Waals surface area contributed by atoms with Crippen molar-refractivity contribution in [1.29, 1.82) is 0 Å². The van der Waals surface area contributed by atoms with Crippen molar-refractivity contribution in [2.24, 2.45) is 0 Å². The van der Waals surface area contributed by atoms with Crippen LogP contribution in [-0.2, 0) is 17.8 Å². The fourth-order valence-corrected chi connectivity index (χ4v) is 1.93. The van der Waals surface area contributed by atoms with Gasteiger partial charge in [-0.25, -0.2) is 9.37 Å². The smallest absolute Gasteiger partial charge is 0.244 e. The van der Waals surface area contributed by atoms with Crippen molar-refractivity contribution >= 4 is 11.6 Å². The van der Waals surface area contributed by atoms with Crippen LogP contribution in [0.5, 0.6) is 0 Å². The zero-order chi connectivity index (χ0) is 15.1. The van der Waals surface area contributed by atoms with Crippen LogP contribution in [0.25, 0.3) is 0 Å². The molecule has 2 rings (SSSR count). The van der Waals surface area contributed by atoms with Gasteiger partial charge in [0, 0.05) is 19.2 Å². The number of hydrogen-bond acceptors (Lipinski definition) is 3. The van der Waals surface area contributed by atoms with Gasteiger partial charge in [0.15, 0.2) is 0 Å². The van der Waals surface area contributed by atoms with Crippen LogP contribution in [-0.4, -0.2) is 28.5 Å². The lowest BCUT2D eigenvalue weighted by Gasteiger charge is -2.06. The van der Waals surface area contributed by atoms with E-state index in [2.05, 4.69) is 15.6 Å². The lowest BCUT2D eigenvalue weighted by molar-refractivity contribution is -0.116. The van der Waals surface area contributed by atoms with E-state index in [0.717, 1.165) is 25.2 Å². The molecule has 0 spiro atoms. The molecule has 1 heterocycles. The SMILES string of the molecule is CCNCCc1cn(CC(=O)Nc2ccccc2F)cn1. The molecule has 2 N–H and O–H groups in total. The summed E-state index contributed by atoms with van der Waals surface area (Å²) in [6.07, 6.45) is 4.26. The van der Waals surface area contributed by atoms with Gasteiger partial charge < -0.3 is 15.2 Å². The topological polar surface area (TPSA) is 59.0 Å². The number of hydrogen-bond donors (Lipinski definition) is 2. The molecule has 0 fully saturated rings. The van der Waals surface area contributed by atoms with Crippen LogP contribution in [0.4, 0.5) is 10.1 Å². The molecule has 0 radical (unpaired) electrons. The molecule has 1 aromatic heterocycles. The first-order valence-corrected chi connectivity index (χ1v) is 6.94. The summed E-state index contributed by atoms with van der Waals surface area (Å²) in [6, 6.07) is 6.10. The molecular weight excluding hydrogens is 271 g/mol. The van der Waals surface area contributed by atoms with E-state index >= 15 is 0 Å². The number of aromatic nitrogens is 2. The van der Waals surface area contributed by atoms with Gasteiger partial charge in [0.25, 0.3) is 0 Å². The Hall–Kier alpha value is -2.21. The third kappa shape index (κ3) is 4.68. The number of nitrogens with one attached hydrogen (secondary N) is 2. The normalized spacial score (nSPS) is 10.6. The highest BCUT2D eigenvalue weighted by atomic mass is 19.1. The highest BCUT2D eigenvalue weighted by Crippen LogP contribution is 2.12. The number of halogens is 1. The quantitative estimate of drug-likeness (QED) is 0.765. The molecule has 6 heteroatoms. The van der Waals surface area contributed by atoms with Gasteiger partial charge in [-0.05, 0) is 18.7 Å². The van der Waals surface area contributed by atoms with Crippen LogP contribution in [0, 0.1) is 5.82 Å². The number of amides is 1. The summed E-state index contributed by atoms with van der Waals surface area (Å²) >= 11 is 0. The summed E-state index contributed by atoms with van der Waals surface area (Å²) in [5.41, 5.74) is 1.12. The predicted molar refractivity (Wildman–Crippen MR) is 79.5 cm³/mol. The van der Waals surface area contributed by atoms with Gasteiger partial charge in [0.05, 0.1) is 17.7 Å². The van der Waals surface area contributed by atoms with Crippen molar-refractivity contribution in [3.05, 3.63) is 48.3 Å². The molecule has 0 aliphatic heterocycles. The molecule has 0 saturated carbocycles. The maximum absolute atomic E-state index is 13.4. The molecule has 0 atom stereocenters. The first kappa shape index (κ1) is 15.2. The fourth-order valence-electron chi connectivity index (χ4n) is 1.93. The van der Waals surface area contributed by atoms with Gasteiger partial charge in [-0.15, -0.1) is 0 Å². The number of anilines is 1. The maximum Gasteiger partial charge on any atom is 0.244 e. The summed E-state index contributed by atoms with van der Waals surface area (Å²) in [5, 5.41) is 5.76. The average molecular weight is 290 g/mol. The number of para-hydroxylation sites is 1. The Kier molecular flexibility index (Phi) is 5.45. The molecule has 1 aromatic carbocycles. The number of carbonyl (C=O) groups is 1. The number of rotatable bonds is 7. The van der Waals surface area contributed by atoms with Crippen molar-refractivity contribution in [3.63, 3.8) is 0 Å². The summed E-state index contributed by atoms with van der Waals surface area (Å²) in [5.74, 6) is -0.724. The highest BCUT2D eigenvalue weighted by Gasteiger charge is 2.07. The molecule has 0 unspecified atom stereocenters. The Labute approximate surface area is 123 Å². The number of imidazole rings is 1. The highest BCUT2D eigenvalue weighted by molar-refractivity contribution is 5.90. The number of benzene rings is 1. The van der Waals surface area contributed by atoms with E-state index in [1.165, 1.54) is 12.1 Å². The third-order valence-electron chi connectivity index (χ3n) is 2.97. The standard InChI is InChI=1S/C15H19FN4O/c1-2-17-8-7-12-9-20(11-18-12)10-15(21)19-14-6-4-3-5-13(14)16/h3-6,9,11,17H,2,7-8,10H2,1H3,(H,19,21). The van der Waals surface area contributed by atoms with E-state index < -0.39 is 5.82 Å². The zero-order valence-electron chi connectivity index (χ0n) is 12.0. The van der Waals surface area contributed by atoms with Gasteiger partial charge in [-0.2, -0.15) is 0 Å². The maximum atomic E-state index is 13.4. The van der Waals surface area contributed by atoms with E-state index in [0.29, 0.717) is 0 Å². The zero-order valence-corrected chi connectivity index (χ0v) is 12.0. The Bertz CT molecular complexity index is 597. The summed E-state index contributed by atoms with van der Waals surface area (Å²) in [7, 11) is 0. The second kappa shape index (κ2) is 7.54. The van der Waals surface area contributed by atoms with Crippen molar-refractivity contribution in [2.75, 3.05) is 18.4 Å². The van der Waals surface area contributed by atoms with E-state index in [4.69, 9.17) is 0 Å². The second-order valence-electron chi connectivity index (χ2n) is 4.67. The molecule has 112 valence electrons. The third-order valence-corrected chi connectivity index (χ3v) is 2.97. The number of nitrogens with zero attached hydrogens (tertiary/aromatic N) is 2.